The van der Waals surface area contributed by atoms with Crippen LogP contribution in [0.15, 0.2) is 22.7 Å². The maximum absolute atomic E-state index is 4.83. The molecule has 1 aromatic heterocycles. The van der Waals surface area contributed by atoms with Gasteiger partial charge in [-0.15, -0.1) is 0 Å². The molecule has 0 atom stereocenters. The third-order valence-corrected chi connectivity index (χ3v) is 4.20. The zero-order valence-corrected chi connectivity index (χ0v) is 13.6. The average Bonchev–Trinajstić information content (AvgIpc) is 2.40. The average molecular weight is 321 g/mol. The zero-order chi connectivity index (χ0) is 14.0. The number of aryl methyl sites for hydroxylation is 1. The maximum Gasteiger partial charge on any atom is 0.0766 e. The van der Waals surface area contributed by atoms with Gasteiger partial charge in [0.15, 0.2) is 0 Å². The van der Waals surface area contributed by atoms with Gasteiger partial charge in [0.25, 0.3) is 0 Å². The van der Waals surface area contributed by atoms with Gasteiger partial charge in [-0.2, -0.15) is 0 Å². The molecule has 1 N–H and O–H groups in total. The van der Waals surface area contributed by atoms with Crippen LogP contribution in [0.25, 0.3) is 10.9 Å². The van der Waals surface area contributed by atoms with Crippen molar-refractivity contribution in [2.24, 2.45) is 0 Å². The predicted molar refractivity (Wildman–Crippen MR) is 87.0 cm³/mol. The molecular formula is C16H21BrN2. The Balaban J connectivity index is 2.67. The second-order valence-electron chi connectivity index (χ2n) is 5.24. The van der Waals surface area contributed by atoms with E-state index in [2.05, 4.69) is 67.1 Å². The summed E-state index contributed by atoms with van der Waals surface area (Å²) >= 11 is 3.59. The number of benzene rings is 1. The summed E-state index contributed by atoms with van der Waals surface area (Å²) < 4.78 is 1.12. The molecular weight excluding hydrogens is 300 g/mol. The van der Waals surface area contributed by atoms with Gasteiger partial charge < -0.3 is 5.32 Å². The van der Waals surface area contributed by atoms with E-state index in [9.17, 15) is 0 Å². The van der Waals surface area contributed by atoms with Crippen LogP contribution in [-0.2, 0) is 0 Å². The molecule has 0 saturated heterocycles. The molecule has 0 aliphatic heterocycles. The molecule has 0 aliphatic rings. The van der Waals surface area contributed by atoms with Crippen LogP contribution < -0.4 is 5.32 Å². The van der Waals surface area contributed by atoms with E-state index in [0.29, 0.717) is 5.92 Å². The Morgan fingerprint density at radius 2 is 2.05 bits per heavy atom. The zero-order valence-electron chi connectivity index (χ0n) is 12.0. The lowest BCUT2D eigenvalue weighted by Crippen LogP contribution is -2.04. The molecule has 0 fully saturated rings. The Morgan fingerprint density at radius 3 is 2.68 bits per heavy atom. The van der Waals surface area contributed by atoms with Crippen LogP contribution in [0.3, 0.4) is 0 Å². The van der Waals surface area contributed by atoms with Gasteiger partial charge >= 0.3 is 0 Å². The van der Waals surface area contributed by atoms with Crippen molar-refractivity contribution in [1.82, 2.24) is 4.98 Å². The summed E-state index contributed by atoms with van der Waals surface area (Å²) in [5, 5.41) is 4.73. The molecule has 0 radical (unpaired) electrons. The van der Waals surface area contributed by atoms with Gasteiger partial charge in [-0.05, 0) is 43.0 Å². The minimum absolute atomic E-state index is 0.435. The Hall–Kier alpha value is -1.09. The minimum atomic E-state index is 0.435. The van der Waals surface area contributed by atoms with Gasteiger partial charge in [-0.25, -0.2) is 0 Å². The lowest BCUT2D eigenvalue weighted by molar-refractivity contribution is 0.829. The van der Waals surface area contributed by atoms with Crippen molar-refractivity contribution in [3.05, 3.63) is 33.9 Å². The summed E-state index contributed by atoms with van der Waals surface area (Å²) in [7, 11) is 0. The highest BCUT2D eigenvalue weighted by molar-refractivity contribution is 9.10. The lowest BCUT2D eigenvalue weighted by Gasteiger charge is -2.15. The van der Waals surface area contributed by atoms with Gasteiger partial charge in [-0.1, -0.05) is 36.7 Å². The minimum Gasteiger partial charge on any atom is -0.384 e. The van der Waals surface area contributed by atoms with E-state index in [1.807, 2.05) is 0 Å². The van der Waals surface area contributed by atoms with Crippen molar-refractivity contribution in [2.75, 3.05) is 11.9 Å². The Kier molecular flexibility index (Phi) is 4.46. The number of fused-ring (bicyclic) bond motifs is 1. The van der Waals surface area contributed by atoms with Crippen molar-refractivity contribution in [2.45, 2.75) is 40.0 Å². The molecule has 1 aromatic carbocycles. The number of rotatable bonds is 4. The van der Waals surface area contributed by atoms with Crippen LogP contribution in [0.5, 0.6) is 0 Å². The second kappa shape index (κ2) is 5.91. The number of hydrogen-bond donors (Lipinski definition) is 1. The third-order valence-electron chi connectivity index (χ3n) is 3.35. The first-order chi connectivity index (χ1) is 9.04. The van der Waals surface area contributed by atoms with E-state index < -0.39 is 0 Å². The van der Waals surface area contributed by atoms with Crippen molar-refractivity contribution in [3.8, 4) is 0 Å². The van der Waals surface area contributed by atoms with Gasteiger partial charge in [-0.3, -0.25) is 4.98 Å². The van der Waals surface area contributed by atoms with Crippen LogP contribution in [-0.4, -0.2) is 11.5 Å². The number of hydrogen-bond acceptors (Lipinski definition) is 2. The lowest BCUT2D eigenvalue weighted by atomic mass is 10.0. The molecule has 19 heavy (non-hydrogen) atoms. The fourth-order valence-electron chi connectivity index (χ4n) is 2.13. The molecule has 2 aromatic rings. The number of nitrogens with one attached hydrogen (secondary N) is 1. The highest BCUT2D eigenvalue weighted by atomic mass is 79.9. The van der Waals surface area contributed by atoms with Crippen LogP contribution in [0.1, 0.15) is 44.4 Å². The summed E-state index contributed by atoms with van der Waals surface area (Å²) in [6.07, 6.45) is 1.12. The van der Waals surface area contributed by atoms with Gasteiger partial charge in [0.1, 0.15) is 0 Å². The molecule has 1 heterocycles. The molecule has 3 heteroatoms. The molecule has 0 spiro atoms. The van der Waals surface area contributed by atoms with Gasteiger partial charge in [0.2, 0.25) is 0 Å². The standard InChI is InChI=1S/C16H21BrN2/c1-5-8-18-15-9-14(10(2)3)19-16-11(4)13(17)7-6-12(15)16/h6-7,9-10H,5,8H2,1-4H3,(H,18,19). The molecule has 2 nitrogen and oxygen atoms in total. The van der Waals surface area contributed by atoms with E-state index >= 15 is 0 Å². The molecule has 0 bridgehead atoms. The molecule has 0 unspecified atom stereocenters. The Bertz CT molecular complexity index is 591. The molecule has 0 saturated carbocycles. The second-order valence-corrected chi connectivity index (χ2v) is 6.10. The number of pyridine rings is 1. The predicted octanol–water partition coefficient (Wildman–Crippen LogP) is 5.25. The van der Waals surface area contributed by atoms with E-state index in [0.717, 1.165) is 28.6 Å². The smallest absolute Gasteiger partial charge is 0.0766 e. The molecule has 2 rings (SSSR count). The Labute approximate surface area is 123 Å². The quantitative estimate of drug-likeness (QED) is 0.832. The fourth-order valence-corrected chi connectivity index (χ4v) is 2.45. The summed E-state index contributed by atoms with van der Waals surface area (Å²) in [6.45, 7) is 9.66. The highest BCUT2D eigenvalue weighted by Crippen LogP contribution is 2.31. The number of anilines is 1. The summed E-state index contributed by atoms with van der Waals surface area (Å²) in [4.78, 5) is 4.83. The van der Waals surface area contributed by atoms with Crippen molar-refractivity contribution >= 4 is 32.5 Å². The fraction of sp³-hybridized carbons (Fsp3) is 0.438. The van der Waals surface area contributed by atoms with E-state index in [1.54, 1.807) is 0 Å². The first-order valence-corrected chi connectivity index (χ1v) is 7.67. The first-order valence-electron chi connectivity index (χ1n) is 6.88. The van der Waals surface area contributed by atoms with Crippen LogP contribution >= 0.6 is 15.9 Å². The van der Waals surface area contributed by atoms with Crippen molar-refractivity contribution in [3.63, 3.8) is 0 Å². The maximum atomic E-state index is 4.83. The molecule has 0 aliphatic carbocycles. The first kappa shape index (κ1) is 14.3. The van der Waals surface area contributed by atoms with Crippen LogP contribution in [0, 0.1) is 6.92 Å². The van der Waals surface area contributed by atoms with Crippen LogP contribution in [0.4, 0.5) is 5.69 Å². The summed E-state index contributed by atoms with van der Waals surface area (Å²) in [6, 6.07) is 6.43. The number of nitrogens with zero attached hydrogens (tertiary/aromatic N) is 1. The van der Waals surface area contributed by atoms with Crippen molar-refractivity contribution < 1.29 is 0 Å². The normalized spacial score (nSPS) is 11.3. The largest absolute Gasteiger partial charge is 0.384 e. The summed E-state index contributed by atoms with van der Waals surface area (Å²) in [5.41, 5.74) is 4.65. The SMILES string of the molecule is CCCNc1cc(C(C)C)nc2c(C)c(Br)ccc12. The van der Waals surface area contributed by atoms with E-state index in [1.165, 1.54) is 16.6 Å². The van der Waals surface area contributed by atoms with E-state index in [4.69, 9.17) is 4.98 Å². The topological polar surface area (TPSA) is 24.9 Å². The van der Waals surface area contributed by atoms with Gasteiger partial charge in [0.05, 0.1) is 5.52 Å². The molecule has 102 valence electrons. The number of aromatic nitrogens is 1. The summed E-state index contributed by atoms with van der Waals surface area (Å²) in [5.74, 6) is 0.435. The Morgan fingerprint density at radius 1 is 1.32 bits per heavy atom. The van der Waals surface area contributed by atoms with Crippen LogP contribution in [0.2, 0.25) is 0 Å². The number of halogens is 1. The monoisotopic (exact) mass is 320 g/mol. The third kappa shape index (κ3) is 2.92. The van der Waals surface area contributed by atoms with Crippen molar-refractivity contribution in [1.29, 1.82) is 0 Å². The van der Waals surface area contributed by atoms with Gasteiger partial charge in [0, 0.05) is 27.8 Å². The van der Waals surface area contributed by atoms with E-state index in [-0.39, 0.29) is 0 Å². The molecule has 0 amide bonds. The highest BCUT2D eigenvalue weighted by Gasteiger charge is 2.11.